The Morgan fingerprint density at radius 2 is 1.90 bits per heavy atom. The predicted molar refractivity (Wildman–Crippen MR) is 73.6 cm³/mol. The number of hydrogen-bond donors (Lipinski definition) is 1. The van der Waals surface area contributed by atoms with E-state index in [1.807, 2.05) is 6.92 Å². The number of nitrogens with one attached hydrogen (secondary N) is 1. The molecule has 0 saturated heterocycles. The lowest BCUT2D eigenvalue weighted by Crippen LogP contribution is -2.04. The molecule has 1 saturated carbocycles. The second kappa shape index (κ2) is 4.81. The number of nitrogens with zero attached hydrogens (tertiary/aromatic N) is 2. The highest BCUT2D eigenvalue weighted by Gasteiger charge is 2.28. The number of hydrogen-bond acceptors (Lipinski definition) is 3. The molecule has 3 rings (SSSR count). The Morgan fingerprint density at radius 3 is 2.50 bits per heavy atom. The largest absolute Gasteiger partial charge is 0.373 e. The highest BCUT2D eigenvalue weighted by molar-refractivity contribution is 5.68. The molecule has 0 spiro atoms. The van der Waals surface area contributed by atoms with Crippen LogP contribution in [0.5, 0.6) is 0 Å². The zero-order chi connectivity index (χ0) is 14.3. The van der Waals surface area contributed by atoms with E-state index in [4.69, 9.17) is 0 Å². The molecule has 1 aromatic heterocycles. The van der Waals surface area contributed by atoms with Crippen LogP contribution in [-0.2, 0) is 0 Å². The van der Waals surface area contributed by atoms with Crippen LogP contribution in [0.4, 0.5) is 14.6 Å². The quantitative estimate of drug-likeness (QED) is 0.929. The van der Waals surface area contributed by atoms with Crippen LogP contribution in [0.25, 0.3) is 11.3 Å². The van der Waals surface area contributed by atoms with Crippen molar-refractivity contribution in [3.8, 4) is 11.3 Å². The first-order chi connectivity index (χ1) is 9.60. The molecular formula is C15H15F2N3. The van der Waals surface area contributed by atoms with Gasteiger partial charge in [0, 0.05) is 24.1 Å². The lowest BCUT2D eigenvalue weighted by molar-refractivity contribution is 0.509. The molecule has 1 fully saturated rings. The molecule has 0 unspecified atom stereocenters. The minimum Gasteiger partial charge on any atom is -0.373 e. The van der Waals surface area contributed by atoms with E-state index in [-0.39, 0.29) is 0 Å². The molecule has 0 radical (unpaired) electrons. The SMILES string of the molecule is CNc1nc(C2CC2)nc(-c2ccc(F)c(F)c2)c1C. The second-order valence-electron chi connectivity index (χ2n) is 5.06. The van der Waals surface area contributed by atoms with Crippen LogP contribution in [-0.4, -0.2) is 17.0 Å². The lowest BCUT2D eigenvalue weighted by atomic mass is 10.1. The summed E-state index contributed by atoms with van der Waals surface area (Å²) in [5.74, 6) is 0.198. The maximum absolute atomic E-state index is 13.4. The summed E-state index contributed by atoms with van der Waals surface area (Å²) in [5, 5.41) is 3.04. The van der Waals surface area contributed by atoms with E-state index in [2.05, 4.69) is 15.3 Å². The average Bonchev–Trinajstić information content (AvgIpc) is 3.27. The lowest BCUT2D eigenvalue weighted by Gasteiger charge is -2.12. The molecule has 1 N–H and O–H groups in total. The van der Waals surface area contributed by atoms with Crippen LogP contribution in [0.2, 0.25) is 0 Å². The van der Waals surface area contributed by atoms with Crippen molar-refractivity contribution in [1.29, 1.82) is 0 Å². The Kier molecular flexibility index (Phi) is 3.12. The summed E-state index contributed by atoms with van der Waals surface area (Å²) in [6, 6.07) is 3.85. The van der Waals surface area contributed by atoms with Crippen molar-refractivity contribution in [3.05, 3.63) is 41.2 Å². The average molecular weight is 275 g/mol. The standard InChI is InChI=1S/C15H15F2N3/c1-8-13(10-5-6-11(16)12(17)7-10)19-15(9-3-4-9)20-14(8)18-2/h5-7,9H,3-4H2,1-2H3,(H,18,19,20). The first kappa shape index (κ1) is 13.0. The molecule has 1 aliphatic carbocycles. The fourth-order valence-electron chi connectivity index (χ4n) is 2.23. The molecule has 1 aliphatic rings. The first-order valence-electron chi connectivity index (χ1n) is 6.62. The Hall–Kier alpha value is -2.04. The highest BCUT2D eigenvalue weighted by Crippen LogP contribution is 2.40. The van der Waals surface area contributed by atoms with Crippen molar-refractivity contribution in [1.82, 2.24) is 9.97 Å². The third-order valence-corrected chi connectivity index (χ3v) is 3.54. The fourth-order valence-corrected chi connectivity index (χ4v) is 2.23. The zero-order valence-electron chi connectivity index (χ0n) is 11.4. The fraction of sp³-hybridized carbons (Fsp3) is 0.333. The van der Waals surface area contributed by atoms with Crippen LogP contribution in [0.1, 0.15) is 30.1 Å². The van der Waals surface area contributed by atoms with Crippen molar-refractivity contribution >= 4 is 5.82 Å². The molecule has 0 bridgehead atoms. The van der Waals surface area contributed by atoms with E-state index in [0.717, 1.165) is 36.1 Å². The third kappa shape index (κ3) is 2.24. The van der Waals surface area contributed by atoms with E-state index in [1.54, 1.807) is 13.1 Å². The number of halogens is 2. The maximum Gasteiger partial charge on any atom is 0.159 e. The predicted octanol–water partition coefficient (Wildman–Crippen LogP) is 3.65. The number of benzene rings is 1. The van der Waals surface area contributed by atoms with Gasteiger partial charge >= 0.3 is 0 Å². The van der Waals surface area contributed by atoms with Crippen molar-refractivity contribution in [2.45, 2.75) is 25.7 Å². The van der Waals surface area contributed by atoms with Gasteiger partial charge in [0.1, 0.15) is 11.6 Å². The smallest absolute Gasteiger partial charge is 0.159 e. The monoisotopic (exact) mass is 275 g/mol. The van der Waals surface area contributed by atoms with Crippen LogP contribution < -0.4 is 5.32 Å². The van der Waals surface area contributed by atoms with Crippen LogP contribution in [0, 0.1) is 18.6 Å². The van der Waals surface area contributed by atoms with Crippen molar-refractivity contribution in [3.63, 3.8) is 0 Å². The van der Waals surface area contributed by atoms with Crippen molar-refractivity contribution in [2.24, 2.45) is 0 Å². The topological polar surface area (TPSA) is 37.8 Å². The Morgan fingerprint density at radius 1 is 1.15 bits per heavy atom. The summed E-state index contributed by atoms with van der Waals surface area (Å²) in [7, 11) is 1.79. The van der Waals surface area contributed by atoms with Crippen LogP contribution in [0.15, 0.2) is 18.2 Å². The first-order valence-corrected chi connectivity index (χ1v) is 6.62. The van der Waals surface area contributed by atoms with Crippen LogP contribution in [0.3, 0.4) is 0 Å². The summed E-state index contributed by atoms with van der Waals surface area (Å²) in [6.45, 7) is 1.87. The van der Waals surface area contributed by atoms with Gasteiger partial charge in [0.25, 0.3) is 0 Å². The minimum atomic E-state index is -0.862. The molecule has 3 nitrogen and oxygen atoms in total. The van der Waals surface area contributed by atoms with E-state index in [0.29, 0.717) is 17.2 Å². The van der Waals surface area contributed by atoms with Gasteiger partial charge in [0.2, 0.25) is 0 Å². The van der Waals surface area contributed by atoms with Gasteiger partial charge in [0.05, 0.1) is 5.69 Å². The van der Waals surface area contributed by atoms with Crippen molar-refractivity contribution < 1.29 is 8.78 Å². The van der Waals surface area contributed by atoms with Gasteiger partial charge in [-0.25, -0.2) is 18.7 Å². The number of anilines is 1. The van der Waals surface area contributed by atoms with Gasteiger partial charge in [-0.05, 0) is 38.0 Å². The normalized spacial score (nSPS) is 14.4. The molecule has 1 aromatic carbocycles. The van der Waals surface area contributed by atoms with Gasteiger partial charge in [-0.2, -0.15) is 0 Å². The molecule has 2 aromatic rings. The van der Waals surface area contributed by atoms with Gasteiger partial charge in [0.15, 0.2) is 11.6 Å². The summed E-state index contributed by atoms with van der Waals surface area (Å²) in [6.07, 6.45) is 2.17. The molecule has 0 atom stereocenters. The third-order valence-electron chi connectivity index (χ3n) is 3.54. The zero-order valence-corrected chi connectivity index (χ0v) is 11.4. The molecule has 0 aliphatic heterocycles. The maximum atomic E-state index is 13.4. The van der Waals surface area contributed by atoms with Gasteiger partial charge in [-0.3, -0.25) is 0 Å². The van der Waals surface area contributed by atoms with E-state index >= 15 is 0 Å². The summed E-state index contributed by atoms with van der Waals surface area (Å²) >= 11 is 0. The van der Waals surface area contributed by atoms with Crippen LogP contribution >= 0.6 is 0 Å². The molecule has 20 heavy (non-hydrogen) atoms. The summed E-state index contributed by atoms with van der Waals surface area (Å²) < 4.78 is 26.5. The number of aromatic nitrogens is 2. The van der Waals surface area contributed by atoms with Gasteiger partial charge in [-0.15, -0.1) is 0 Å². The molecule has 5 heteroatoms. The molecular weight excluding hydrogens is 260 g/mol. The van der Waals surface area contributed by atoms with Crippen molar-refractivity contribution in [2.75, 3.05) is 12.4 Å². The Bertz CT molecular complexity index is 666. The molecule has 1 heterocycles. The Labute approximate surface area is 116 Å². The Balaban J connectivity index is 2.15. The van der Waals surface area contributed by atoms with Gasteiger partial charge in [-0.1, -0.05) is 0 Å². The minimum absolute atomic E-state index is 0.395. The number of rotatable bonds is 3. The highest BCUT2D eigenvalue weighted by atomic mass is 19.2. The van der Waals surface area contributed by atoms with Gasteiger partial charge < -0.3 is 5.32 Å². The molecule has 0 amide bonds. The molecule has 104 valence electrons. The second-order valence-corrected chi connectivity index (χ2v) is 5.06. The summed E-state index contributed by atoms with van der Waals surface area (Å²) in [5.41, 5.74) is 2.07. The summed E-state index contributed by atoms with van der Waals surface area (Å²) in [4.78, 5) is 9.03. The van der Waals surface area contributed by atoms with E-state index in [1.165, 1.54) is 6.07 Å². The van der Waals surface area contributed by atoms with E-state index < -0.39 is 11.6 Å². The van der Waals surface area contributed by atoms with E-state index in [9.17, 15) is 8.78 Å².